The summed E-state index contributed by atoms with van der Waals surface area (Å²) < 4.78 is 1.94. The first kappa shape index (κ1) is 15.4. The molecule has 0 aliphatic heterocycles. The van der Waals surface area contributed by atoms with Crippen LogP contribution in [0, 0.1) is 13.8 Å². The van der Waals surface area contributed by atoms with Crippen molar-refractivity contribution in [3.63, 3.8) is 0 Å². The number of aromatic nitrogens is 3. The van der Waals surface area contributed by atoms with Gasteiger partial charge in [0.15, 0.2) is 0 Å². The van der Waals surface area contributed by atoms with Crippen molar-refractivity contribution in [2.24, 2.45) is 5.84 Å². The van der Waals surface area contributed by atoms with Crippen molar-refractivity contribution in [3.05, 3.63) is 32.5 Å². The normalized spacial score (nSPS) is 12.8. The average Bonchev–Trinajstić information content (AvgIpc) is 2.95. The van der Waals surface area contributed by atoms with E-state index in [1.807, 2.05) is 18.5 Å². The zero-order valence-corrected chi connectivity index (χ0v) is 13.6. The Balaban J connectivity index is 2.14. The van der Waals surface area contributed by atoms with Gasteiger partial charge in [0.25, 0.3) is 0 Å². The maximum absolute atomic E-state index is 6.34. The molecule has 0 radical (unpaired) electrons. The van der Waals surface area contributed by atoms with Crippen LogP contribution in [-0.4, -0.2) is 20.8 Å². The molecule has 0 amide bonds. The Kier molecular flexibility index (Phi) is 5.15. The van der Waals surface area contributed by atoms with E-state index in [0.29, 0.717) is 0 Å². The number of halogens is 1. The Morgan fingerprint density at radius 3 is 2.75 bits per heavy atom. The highest BCUT2D eigenvalue weighted by molar-refractivity contribution is 7.09. The lowest BCUT2D eigenvalue weighted by Crippen LogP contribution is -2.39. The number of nitrogens with one attached hydrogen (secondary N) is 1. The van der Waals surface area contributed by atoms with Gasteiger partial charge in [-0.05, 0) is 20.8 Å². The van der Waals surface area contributed by atoms with E-state index in [0.717, 1.165) is 46.5 Å². The van der Waals surface area contributed by atoms with Gasteiger partial charge in [-0.2, -0.15) is 5.10 Å². The van der Waals surface area contributed by atoms with E-state index < -0.39 is 0 Å². The standard InChI is InChI=1S/C13H20ClN5S/c1-4-19-11(13(14)9(3)18-19)5-10(17-15)6-12-16-8(2)7-20-12/h7,10,17H,4-6,15H2,1-3H3. The first-order valence-corrected chi connectivity index (χ1v) is 7.89. The number of rotatable bonds is 6. The molecule has 110 valence electrons. The van der Waals surface area contributed by atoms with Crippen LogP contribution in [0.1, 0.15) is 29.0 Å². The Bertz CT molecular complexity index is 577. The van der Waals surface area contributed by atoms with Crippen LogP contribution in [0.15, 0.2) is 5.38 Å². The Labute approximate surface area is 128 Å². The highest BCUT2D eigenvalue weighted by Gasteiger charge is 2.18. The zero-order chi connectivity index (χ0) is 14.7. The number of nitrogens with zero attached hydrogens (tertiary/aromatic N) is 3. The lowest BCUT2D eigenvalue weighted by Gasteiger charge is -2.15. The fourth-order valence-electron chi connectivity index (χ4n) is 2.19. The van der Waals surface area contributed by atoms with Gasteiger partial charge in [-0.25, -0.2) is 4.98 Å². The van der Waals surface area contributed by atoms with Gasteiger partial charge in [0.1, 0.15) is 0 Å². The summed E-state index contributed by atoms with van der Waals surface area (Å²) in [6.45, 7) is 6.78. The van der Waals surface area contributed by atoms with E-state index >= 15 is 0 Å². The third-order valence-electron chi connectivity index (χ3n) is 3.22. The van der Waals surface area contributed by atoms with Gasteiger partial charge in [0.2, 0.25) is 0 Å². The smallest absolute Gasteiger partial charge is 0.0944 e. The summed E-state index contributed by atoms with van der Waals surface area (Å²) in [5.74, 6) is 5.68. The van der Waals surface area contributed by atoms with Gasteiger partial charge in [-0.1, -0.05) is 11.6 Å². The fourth-order valence-corrected chi connectivity index (χ4v) is 3.26. The minimum absolute atomic E-state index is 0.0967. The topological polar surface area (TPSA) is 68.8 Å². The van der Waals surface area contributed by atoms with E-state index in [1.54, 1.807) is 11.3 Å². The van der Waals surface area contributed by atoms with Crippen LogP contribution in [-0.2, 0) is 19.4 Å². The summed E-state index contributed by atoms with van der Waals surface area (Å²) in [6.07, 6.45) is 1.53. The SMILES string of the molecule is CCn1nc(C)c(Cl)c1CC(Cc1nc(C)cs1)NN. The fraction of sp³-hybridized carbons (Fsp3) is 0.538. The second-order valence-corrected chi connectivity index (χ2v) is 6.14. The van der Waals surface area contributed by atoms with E-state index in [9.17, 15) is 0 Å². The molecule has 3 N–H and O–H groups in total. The molecule has 0 aliphatic rings. The number of nitrogens with two attached hydrogens (primary N) is 1. The molecule has 2 rings (SSSR count). The molecule has 20 heavy (non-hydrogen) atoms. The van der Waals surface area contributed by atoms with E-state index in [-0.39, 0.29) is 6.04 Å². The molecule has 7 heteroatoms. The first-order valence-electron chi connectivity index (χ1n) is 6.64. The summed E-state index contributed by atoms with van der Waals surface area (Å²) in [4.78, 5) is 4.48. The van der Waals surface area contributed by atoms with E-state index in [1.165, 1.54) is 0 Å². The van der Waals surface area contributed by atoms with Crippen LogP contribution in [0.2, 0.25) is 5.02 Å². The molecule has 0 aliphatic carbocycles. The minimum Gasteiger partial charge on any atom is -0.271 e. The van der Waals surface area contributed by atoms with Crippen LogP contribution >= 0.6 is 22.9 Å². The maximum atomic E-state index is 6.34. The highest BCUT2D eigenvalue weighted by atomic mass is 35.5. The lowest BCUT2D eigenvalue weighted by molar-refractivity contribution is 0.495. The molecule has 2 heterocycles. The van der Waals surface area contributed by atoms with E-state index in [4.69, 9.17) is 17.4 Å². The van der Waals surface area contributed by atoms with E-state index in [2.05, 4.69) is 27.8 Å². The molecule has 2 aromatic rings. The molecule has 0 bridgehead atoms. The maximum Gasteiger partial charge on any atom is 0.0944 e. The van der Waals surface area contributed by atoms with Crippen LogP contribution in [0.25, 0.3) is 0 Å². The van der Waals surface area contributed by atoms with Crippen LogP contribution in [0.5, 0.6) is 0 Å². The quantitative estimate of drug-likeness (QED) is 0.634. The van der Waals surface area contributed by atoms with Crippen molar-refractivity contribution < 1.29 is 0 Å². The first-order chi connectivity index (χ1) is 9.55. The molecule has 2 aromatic heterocycles. The summed E-state index contributed by atoms with van der Waals surface area (Å²) in [5, 5.41) is 8.30. The molecule has 1 unspecified atom stereocenters. The third-order valence-corrected chi connectivity index (χ3v) is 4.70. The highest BCUT2D eigenvalue weighted by Crippen LogP contribution is 2.22. The number of hydrogen-bond donors (Lipinski definition) is 2. The van der Waals surface area contributed by atoms with Crippen molar-refractivity contribution in [2.45, 2.75) is 46.2 Å². The van der Waals surface area contributed by atoms with Crippen molar-refractivity contribution >= 4 is 22.9 Å². The molecular weight excluding hydrogens is 294 g/mol. The number of hydrazine groups is 1. The molecule has 0 saturated carbocycles. The number of thiazole rings is 1. The van der Waals surface area contributed by atoms with Crippen molar-refractivity contribution in [3.8, 4) is 0 Å². The molecule has 1 atom stereocenters. The van der Waals surface area contributed by atoms with Gasteiger partial charge >= 0.3 is 0 Å². The van der Waals surface area contributed by atoms with Crippen molar-refractivity contribution in [1.82, 2.24) is 20.2 Å². The second kappa shape index (κ2) is 6.67. The largest absolute Gasteiger partial charge is 0.271 e. The molecular formula is C13H20ClN5S. The van der Waals surface area contributed by atoms with Gasteiger partial charge in [-0.15, -0.1) is 11.3 Å². The van der Waals surface area contributed by atoms with Crippen molar-refractivity contribution in [1.29, 1.82) is 0 Å². The summed E-state index contributed by atoms with van der Waals surface area (Å²) in [7, 11) is 0. The number of hydrogen-bond acceptors (Lipinski definition) is 5. The van der Waals surface area contributed by atoms with Gasteiger partial charge in [0.05, 0.1) is 21.4 Å². The second-order valence-electron chi connectivity index (χ2n) is 4.82. The van der Waals surface area contributed by atoms with Crippen molar-refractivity contribution in [2.75, 3.05) is 0 Å². The van der Waals surface area contributed by atoms with Crippen LogP contribution < -0.4 is 11.3 Å². The predicted octanol–water partition coefficient (Wildman–Crippen LogP) is 2.25. The van der Waals surface area contributed by atoms with Gasteiger partial charge < -0.3 is 0 Å². The monoisotopic (exact) mass is 313 g/mol. The molecule has 0 spiro atoms. The predicted molar refractivity (Wildman–Crippen MR) is 83.0 cm³/mol. The zero-order valence-electron chi connectivity index (χ0n) is 12.0. The molecule has 5 nitrogen and oxygen atoms in total. The summed E-state index contributed by atoms with van der Waals surface area (Å²) >= 11 is 8.00. The Morgan fingerprint density at radius 1 is 1.45 bits per heavy atom. The molecule has 0 fully saturated rings. The van der Waals surface area contributed by atoms with Crippen LogP contribution in [0.3, 0.4) is 0 Å². The number of aryl methyl sites for hydroxylation is 3. The minimum atomic E-state index is 0.0967. The Morgan fingerprint density at radius 2 is 2.20 bits per heavy atom. The summed E-state index contributed by atoms with van der Waals surface area (Å²) in [6, 6.07) is 0.0967. The van der Waals surface area contributed by atoms with Gasteiger partial charge in [0, 0.05) is 36.5 Å². The van der Waals surface area contributed by atoms with Gasteiger partial charge in [-0.3, -0.25) is 16.0 Å². The van der Waals surface area contributed by atoms with Crippen LogP contribution in [0.4, 0.5) is 0 Å². The average molecular weight is 314 g/mol. The Hall–Kier alpha value is -0.950. The molecule has 0 saturated heterocycles. The summed E-state index contributed by atoms with van der Waals surface area (Å²) in [5.41, 5.74) is 5.81. The molecule has 0 aromatic carbocycles. The third kappa shape index (κ3) is 3.38. The lowest BCUT2D eigenvalue weighted by atomic mass is 10.1.